The Hall–Kier alpha value is -1.91. The fourth-order valence-corrected chi connectivity index (χ4v) is 3.65. The highest BCUT2D eigenvalue weighted by Crippen LogP contribution is 2.26. The van der Waals surface area contributed by atoms with E-state index in [2.05, 4.69) is 20.8 Å². The maximum atomic E-state index is 11.9. The van der Waals surface area contributed by atoms with Gasteiger partial charge in [0.2, 0.25) is 5.91 Å². The van der Waals surface area contributed by atoms with Gasteiger partial charge in [-0.2, -0.15) is 0 Å². The Morgan fingerprint density at radius 2 is 2.19 bits per heavy atom. The van der Waals surface area contributed by atoms with Crippen molar-refractivity contribution in [2.45, 2.75) is 32.0 Å². The van der Waals surface area contributed by atoms with Gasteiger partial charge in [0.05, 0.1) is 10.6 Å². The fraction of sp³-hybridized carbons (Fsp3) is 0.500. The van der Waals surface area contributed by atoms with Crippen LogP contribution in [0.4, 0.5) is 4.79 Å². The normalized spacial score (nSPS) is 10.7. The van der Waals surface area contributed by atoms with Crippen LogP contribution in [0.1, 0.15) is 20.3 Å². The molecule has 3 amide bonds. The number of hydrogen-bond donors (Lipinski definition) is 2. The minimum atomic E-state index is -0.497. The Labute approximate surface area is 160 Å². The smallest absolute Gasteiger partial charge is 0.321 e. The van der Waals surface area contributed by atoms with E-state index in [1.807, 2.05) is 35.9 Å². The van der Waals surface area contributed by atoms with E-state index < -0.39 is 6.03 Å². The van der Waals surface area contributed by atoms with Gasteiger partial charge >= 0.3 is 6.03 Å². The van der Waals surface area contributed by atoms with Gasteiger partial charge in [-0.25, -0.2) is 4.79 Å². The summed E-state index contributed by atoms with van der Waals surface area (Å²) in [5.41, 5.74) is 0. The van der Waals surface area contributed by atoms with Gasteiger partial charge in [0, 0.05) is 26.3 Å². The zero-order valence-electron chi connectivity index (χ0n) is 14.9. The van der Waals surface area contributed by atoms with Crippen LogP contribution < -0.4 is 10.6 Å². The molecule has 0 spiro atoms. The van der Waals surface area contributed by atoms with E-state index in [4.69, 9.17) is 4.74 Å². The predicted octanol–water partition coefficient (Wildman–Crippen LogP) is 2.37. The molecule has 0 bridgehead atoms. The lowest BCUT2D eigenvalue weighted by Gasteiger charge is -2.07. The molecular weight excluding hydrogens is 374 g/mol. The number of carbonyl (C=O) groups is 2. The molecule has 0 atom stereocenters. The fourth-order valence-electron chi connectivity index (χ4n) is 2.13. The van der Waals surface area contributed by atoms with Crippen molar-refractivity contribution in [2.24, 2.45) is 0 Å². The van der Waals surface area contributed by atoms with Crippen molar-refractivity contribution >= 4 is 35.0 Å². The van der Waals surface area contributed by atoms with Gasteiger partial charge in [-0.05, 0) is 31.7 Å². The summed E-state index contributed by atoms with van der Waals surface area (Å²) in [6.45, 7) is 6.31. The number of aromatic nitrogens is 3. The van der Waals surface area contributed by atoms with Gasteiger partial charge in [-0.15, -0.1) is 21.5 Å². The maximum absolute atomic E-state index is 11.9. The average molecular weight is 398 g/mol. The molecule has 0 aromatic carbocycles. The van der Waals surface area contributed by atoms with Crippen LogP contribution in [0, 0.1) is 0 Å². The summed E-state index contributed by atoms with van der Waals surface area (Å²) in [5, 5.41) is 15.9. The quantitative estimate of drug-likeness (QED) is 0.472. The van der Waals surface area contributed by atoms with Crippen molar-refractivity contribution < 1.29 is 14.3 Å². The zero-order valence-corrected chi connectivity index (χ0v) is 16.5. The molecule has 2 heterocycles. The minimum absolute atomic E-state index is 0.0922. The maximum Gasteiger partial charge on any atom is 0.321 e. The lowest BCUT2D eigenvalue weighted by molar-refractivity contribution is -0.117. The van der Waals surface area contributed by atoms with E-state index in [1.165, 1.54) is 11.8 Å². The average Bonchev–Trinajstić information content (AvgIpc) is 3.28. The predicted molar refractivity (Wildman–Crippen MR) is 102 cm³/mol. The molecule has 0 fully saturated rings. The Balaban J connectivity index is 1.78. The van der Waals surface area contributed by atoms with Crippen LogP contribution in [0.3, 0.4) is 0 Å². The zero-order chi connectivity index (χ0) is 18.8. The van der Waals surface area contributed by atoms with Gasteiger partial charge < -0.3 is 14.6 Å². The summed E-state index contributed by atoms with van der Waals surface area (Å²) < 4.78 is 7.13. The number of hydrogen-bond acceptors (Lipinski definition) is 7. The number of amides is 3. The molecule has 0 saturated carbocycles. The number of thioether (sulfide) groups is 1. The van der Waals surface area contributed by atoms with Gasteiger partial charge in [0.1, 0.15) is 0 Å². The summed E-state index contributed by atoms with van der Waals surface area (Å²) in [4.78, 5) is 24.6. The van der Waals surface area contributed by atoms with Crippen molar-refractivity contribution in [2.75, 3.05) is 25.5 Å². The molecule has 8 nitrogen and oxygen atoms in total. The van der Waals surface area contributed by atoms with E-state index in [-0.39, 0.29) is 11.7 Å². The highest BCUT2D eigenvalue weighted by Gasteiger charge is 2.15. The van der Waals surface area contributed by atoms with Crippen molar-refractivity contribution in [3.05, 3.63) is 17.5 Å². The summed E-state index contributed by atoms with van der Waals surface area (Å²) >= 11 is 2.85. The molecule has 0 aliphatic carbocycles. The third-order valence-electron chi connectivity index (χ3n) is 3.32. The van der Waals surface area contributed by atoms with Crippen LogP contribution in [0.25, 0.3) is 10.7 Å². The van der Waals surface area contributed by atoms with Crippen molar-refractivity contribution in [3.63, 3.8) is 0 Å². The third kappa shape index (κ3) is 6.11. The Morgan fingerprint density at radius 3 is 2.88 bits per heavy atom. The van der Waals surface area contributed by atoms with Gasteiger partial charge in [-0.3, -0.25) is 10.1 Å². The number of nitrogens with one attached hydrogen (secondary N) is 2. The van der Waals surface area contributed by atoms with E-state index in [1.54, 1.807) is 11.3 Å². The SMILES string of the molecule is CCOCCCNC(=O)NC(=O)CSc1nnc(-c2cccs2)n1CC. The second-order valence-electron chi connectivity index (χ2n) is 5.17. The largest absolute Gasteiger partial charge is 0.382 e. The van der Waals surface area contributed by atoms with Crippen LogP contribution in [0.2, 0.25) is 0 Å². The highest BCUT2D eigenvalue weighted by molar-refractivity contribution is 7.99. The Morgan fingerprint density at radius 1 is 1.35 bits per heavy atom. The molecule has 2 N–H and O–H groups in total. The molecule has 26 heavy (non-hydrogen) atoms. The molecule has 142 valence electrons. The number of carbonyl (C=O) groups excluding carboxylic acids is 2. The molecule has 0 aliphatic rings. The number of imide groups is 1. The Bertz CT molecular complexity index is 703. The molecule has 0 unspecified atom stereocenters. The molecule has 2 aromatic rings. The Kier molecular flexibility index (Phi) is 8.59. The van der Waals surface area contributed by atoms with Gasteiger partial charge in [0.15, 0.2) is 11.0 Å². The molecular formula is C16H23N5O3S2. The first-order chi connectivity index (χ1) is 12.7. The summed E-state index contributed by atoms with van der Waals surface area (Å²) in [7, 11) is 0. The highest BCUT2D eigenvalue weighted by atomic mass is 32.2. The molecule has 10 heteroatoms. The third-order valence-corrected chi connectivity index (χ3v) is 5.15. The number of nitrogens with zero attached hydrogens (tertiary/aromatic N) is 3. The second-order valence-corrected chi connectivity index (χ2v) is 7.06. The monoisotopic (exact) mass is 397 g/mol. The van der Waals surface area contributed by atoms with E-state index in [0.717, 1.165) is 10.7 Å². The van der Waals surface area contributed by atoms with Crippen molar-refractivity contribution in [1.82, 2.24) is 25.4 Å². The van der Waals surface area contributed by atoms with Crippen molar-refractivity contribution in [3.8, 4) is 10.7 Å². The molecule has 0 radical (unpaired) electrons. The number of ether oxygens (including phenoxy) is 1. The van der Waals surface area contributed by atoms with Gasteiger partial charge in [-0.1, -0.05) is 17.8 Å². The van der Waals surface area contributed by atoms with E-state index in [0.29, 0.717) is 37.9 Å². The second kappa shape index (κ2) is 10.9. The first kappa shape index (κ1) is 20.4. The van der Waals surface area contributed by atoms with Crippen LogP contribution in [-0.2, 0) is 16.1 Å². The molecule has 0 aliphatic heterocycles. The molecule has 2 rings (SSSR count). The lowest BCUT2D eigenvalue weighted by Crippen LogP contribution is -2.40. The summed E-state index contributed by atoms with van der Waals surface area (Å²) in [5.74, 6) is 0.507. The van der Waals surface area contributed by atoms with Crippen LogP contribution in [0.5, 0.6) is 0 Å². The lowest BCUT2D eigenvalue weighted by atomic mass is 10.4. The minimum Gasteiger partial charge on any atom is -0.382 e. The summed E-state index contributed by atoms with van der Waals surface area (Å²) in [6, 6.07) is 3.45. The molecule has 2 aromatic heterocycles. The topological polar surface area (TPSA) is 98.1 Å². The van der Waals surface area contributed by atoms with E-state index >= 15 is 0 Å². The number of urea groups is 1. The number of thiophene rings is 1. The van der Waals surface area contributed by atoms with Crippen LogP contribution in [0.15, 0.2) is 22.7 Å². The van der Waals surface area contributed by atoms with Crippen LogP contribution >= 0.6 is 23.1 Å². The summed E-state index contributed by atoms with van der Waals surface area (Å²) in [6.07, 6.45) is 0.704. The molecule has 0 saturated heterocycles. The first-order valence-electron chi connectivity index (χ1n) is 8.41. The standard InChI is InChI=1S/C16H23N5O3S2/c1-3-21-14(12-7-5-10-25-12)19-20-16(21)26-11-13(22)18-15(23)17-8-6-9-24-4-2/h5,7,10H,3-4,6,8-9,11H2,1-2H3,(H2,17,18,22,23). The van der Waals surface area contributed by atoms with E-state index in [9.17, 15) is 9.59 Å². The first-order valence-corrected chi connectivity index (χ1v) is 10.3. The van der Waals surface area contributed by atoms with Crippen LogP contribution in [-0.4, -0.2) is 52.2 Å². The van der Waals surface area contributed by atoms with Crippen molar-refractivity contribution in [1.29, 1.82) is 0 Å². The number of rotatable bonds is 10. The van der Waals surface area contributed by atoms with Gasteiger partial charge in [0.25, 0.3) is 0 Å².